The summed E-state index contributed by atoms with van der Waals surface area (Å²) in [6.07, 6.45) is 4.17. The molecule has 27 heavy (non-hydrogen) atoms. The van der Waals surface area contributed by atoms with Crippen molar-refractivity contribution in [1.29, 1.82) is 5.26 Å². The quantitative estimate of drug-likeness (QED) is 0.668. The van der Waals surface area contributed by atoms with Crippen LogP contribution in [0.5, 0.6) is 11.5 Å². The minimum absolute atomic E-state index is 0.0110. The molecule has 0 bridgehead atoms. The van der Waals surface area contributed by atoms with E-state index in [-0.39, 0.29) is 13.0 Å². The molecule has 1 aliphatic rings. The first kappa shape index (κ1) is 20.6. The molecule has 0 spiro atoms. The normalized spacial score (nSPS) is 15.3. The van der Waals surface area contributed by atoms with Crippen LogP contribution in [0, 0.1) is 11.3 Å². The SMILES string of the molecule is CCOc1ccccc1OCCC(=O)OCC(=O)NC1(C#N)CCCCC1. The number of nitriles is 1. The highest BCUT2D eigenvalue weighted by molar-refractivity contribution is 5.81. The van der Waals surface area contributed by atoms with E-state index in [4.69, 9.17) is 14.2 Å². The molecular formula is C20H26N2O5. The van der Waals surface area contributed by atoms with Crippen LogP contribution in [-0.4, -0.2) is 37.2 Å². The number of nitrogens with zero attached hydrogens (tertiary/aromatic N) is 1. The van der Waals surface area contributed by atoms with E-state index < -0.39 is 24.0 Å². The molecule has 146 valence electrons. The maximum atomic E-state index is 12.0. The Kier molecular flexibility index (Phi) is 7.93. The maximum Gasteiger partial charge on any atom is 0.309 e. The van der Waals surface area contributed by atoms with Crippen molar-refractivity contribution >= 4 is 11.9 Å². The lowest BCUT2D eigenvalue weighted by Gasteiger charge is -2.31. The van der Waals surface area contributed by atoms with Crippen LogP contribution in [0.1, 0.15) is 45.4 Å². The van der Waals surface area contributed by atoms with Crippen molar-refractivity contribution in [2.45, 2.75) is 51.0 Å². The lowest BCUT2D eigenvalue weighted by Crippen LogP contribution is -2.50. The van der Waals surface area contributed by atoms with Crippen molar-refractivity contribution in [3.05, 3.63) is 24.3 Å². The third kappa shape index (κ3) is 6.48. The zero-order valence-electron chi connectivity index (χ0n) is 15.7. The second kappa shape index (κ2) is 10.4. The smallest absolute Gasteiger partial charge is 0.309 e. The van der Waals surface area contributed by atoms with E-state index in [1.807, 2.05) is 19.1 Å². The van der Waals surface area contributed by atoms with Crippen molar-refractivity contribution in [2.24, 2.45) is 0 Å². The van der Waals surface area contributed by atoms with Crippen LogP contribution in [-0.2, 0) is 14.3 Å². The summed E-state index contributed by atoms with van der Waals surface area (Å²) in [5.41, 5.74) is -0.826. The van der Waals surface area contributed by atoms with Crippen LogP contribution >= 0.6 is 0 Å². The van der Waals surface area contributed by atoms with E-state index in [1.165, 1.54) is 0 Å². The average Bonchev–Trinajstić information content (AvgIpc) is 2.68. The molecule has 0 saturated heterocycles. The van der Waals surface area contributed by atoms with Gasteiger partial charge in [-0.05, 0) is 31.9 Å². The fourth-order valence-electron chi connectivity index (χ4n) is 3.03. The molecule has 1 aromatic carbocycles. The molecular weight excluding hydrogens is 348 g/mol. The van der Waals surface area contributed by atoms with Gasteiger partial charge in [-0.3, -0.25) is 9.59 Å². The summed E-state index contributed by atoms with van der Waals surface area (Å²) in [6.45, 7) is 2.12. The summed E-state index contributed by atoms with van der Waals surface area (Å²) in [4.78, 5) is 23.8. The fourth-order valence-corrected chi connectivity index (χ4v) is 3.03. The summed E-state index contributed by atoms with van der Waals surface area (Å²) in [6, 6.07) is 9.40. The number of ether oxygens (including phenoxy) is 3. The highest BCUT2D eigenvalue weighted by atomic mass is 16.5. The van der Waals surface area contributed by atoms with Crippen molar-refractivity contribution < 1.29 is 23.8 Å². The van der Waals surface area contributed by atoms with E-state index in [2.05, 4.69) is 11.4 Å². The second-order valence-electron chi connectivity index (χ2n) is 6.44. The van der Waals surface area contributed by atoms with Gasteiger partial charge in [0.05, 0.1) is 25.7 Å². The summed E-state index contributed by atoms with van der Waals surface area (Å²) in [5.74, 6) is 0.184. The number of carbonyl (C=O) groups is 2. The lowest BCUT2D eigenvalue weighted by molar-refractivity contribution is -0.149. The van der Waals surface area contributed by atoms with Gasteiger partial charge in [0.1, 0.15) is 5.54 Å². The first-order chi connectivity index (χ1) is 13.1. The van der Waals surface area contributed by atoms with Gasteiger partial charge in [-0.1, -0.05) is 31.4 Å². The minimum atomic E-state index is -0.826. The Hall–Kier alpha value is -2.75. The minimum Gasteiger partial charge on any atom is -0.490 e. The van der Waals surface area contributed by atoms with Gasteiger partial charge in [-0.25, -0.2) is 0 Å². The fraction of sp³-hybridized carbons (Fsp3) is 0.550. The number of hydrogen-bond acceptors (Lipinski definition) is 6. The molecule has 1 fully saturated rings. The molecule has 1 aliphatic carbocycles. The van der Waals surface area contributed by atoms with Crippen LogP contribution in [0.2, 0.25) is 0 Å². The first-order valence-electron chi connectivity index (χ1n) is 9.31. The van der Waals surface area contributed by atoms with Crippen molar-refractivity contribution in [1.82, 2.24) is 5.32 Å². The molecule has 0 aliphatic heterocycles. The number of para-hydroxylation sites is 2. The molecule has 1 saturated carbocycles. The van der Waals surface area contributed by atoms with E-state index >= 15 is 0 Å². The summed E-state index contributed by atoms with van der Waals surface area (Å²) < 4.78 is 16.0. The Morgan fingerprint density at radius 1 is 1.15 bits per heavy atom. The molecule has 7 nitrogen and oxygen atoms in total. The third-order valence-electron chi connectivity index (χ3n) is 4.38. The molecule has 1 aromatic rings. The Labute approximate surface area is 159 Å². The Bertz CT molecular complexity index is 677. The standard InChI is InChI=1S/C20H26N2O5/c1-2-25-16-8-4-5-9-17(16)26-13-10-19(24)27-14-18(23)22-20(15-21)11-6-3-7-12-20/h4-5,8-9H,2-3,6-7,10-14H2,1H3,(H,22,23). The molecule has 0 aromatic heterocycles. The summed E-state index contributed by atoms with van der Waals surface area (Å²) in [7, 11) is 0. The van der Waals surface area contributed by atoms with Crippen LogP contribution in [0.4, 0.5) is 0 Å². The van der Waals surface area contributed by atoms with Gasteiger partial charge < -0.3 is 19.5 Å². The van der Waals surface area contributed by atoms with Gasteiger partial charge in [0.25, 0.3) is 5.91 Å². The zero-order chi connectivity index (χ0) is 19.5. The molecule has 7 heteroatoms. The Morgan fingerprint density at radius 3 is 2.44 bits per heavy atom. The molecule has 0 atom stereocenters. The topological polar surface area (TPSA) is 97.7 Å². The van der Waals surface area contributed by atoms with Crippen LogP contribution in [0.25, 0.3) is 0 Å². The van der Waals surface area contributed by atoms with Crippen LogP contribution in [0.3, 0.4) is 0 Å². The number of nitrogens with one attached hydrogen (secondary N) is 1. The highest BCUT2D eigenvalue weighted by Crippen LogP contribution is 2.27. The van der Waals surface area contributed by atoms with E-state index in [0.29, 0.717) is 30.9 Å². The predicted molar refractivity (Wildman–Crippen MR) is 98.3 cm³/mol. The average molecular weight is 374 g/mol. The molecule has 0 heterocycles. The zero-order valence-corrected chi connectivity index (χ0v) is 15.7. The second-order valence-corrected chi connectivity index (χ2v) is 6.44. The molecule has 0 radical (unpaired) electrons. The van der Waals surface area contributed by atoms with Gasteiger partial charge in [-0.15, -0.1) is 0 Å². The summed E-state index contributed by atoms with van der Waals surface area (Å²) >= 11 is 0. The number of hydrogen-bond donors (Lipinski definition) is 1. The van der Waals surface area contributed by atoms with E-state index in [1.54, 1.807) is 12.1 Å². The number of carbonyl (C=O) groups excluding carboxylic acids is 2. The summed E-state index contributed by atoms with van der Waals surface area (Å²) in [5, 5.41) is 12.1. The Morgan fingerprint density at radius 2 is 1.81 bits per heavy atom. The lowest BCUT2D eigenvalue weighted by atomic mass is 9.83. The monoisotopic (exact) mass is 374 g/mol. The molecule has 2 rings (SSSR count). The number of esters is 1. The number of benzene rings is 1. The number of rotatable bonds is 9. The van der Waals surface area contributed by atoms with Gasteiger partial charge in [-0.2, -0.15) is 5.26 Å². The molecule has 0 unspecified atom stereocenters. The van der Waals surface area contributed by atoms with Crippen molar-refractivity contribution in [3.63, 3.8) is 0 Å². The van der Waals surface area contributed by atoms with Gasteiger partial charge in [0, 0.05) is 0 Å². The van der Waals surface area contributed by atoms with Gasteiger partial charge >= 0.3 is 5.97 Å². The maximum absolute atomic E-state index is 12.0. The first-order valence-corrected chi connectivity index (χ1v) is 9.31. The van der Waals surface area contributed by atoms with E-state index in [0.717, 1.165) is 19.3 Å². The van der Waals surface area contributed by atoms with Crippen molar-refractivity contribution in [2.75, 3.05) is 19.8 Å². The highest BCUT2D eigenvalue weighted by Gasteiger charge is 2.33. The molecule has 1 N–H and O–H groups in total. The predicted octanol–water partition coefficient (Wildman–Crippen LogP) is 2.74. The van der Waals surface area contributed by atoms with Crippen molar-refractivity contribution in [3.8, 4) is 17.6 Å². The number of amides is 1. The molecule has 1 amide bonds. The third-order valence-corrected chi connectivity index (χ3v) is 4.38. The van der Waals surface area contributed by atoms with Crippen LogP contribution < -0.4 is 14.8 Å². The van der Waals surface area contributed by atoms with Crippen LogP contribution in [0.15, 0.2) is 24.3 Å². The largest absolute Gasteiger partial charge is 0.490 e. The van der Waals surface area contributed by atoms with Gasteiger partial charge in [0.2, 0.25) is 0 Å². The van der Waals surface area contributed by atoms with Gasteiger partial charge in [0.15, 0.2) is 18.1 Å². The van der Waals surface area contributed by atoms with E-state index in [9.17, 15) is 14.9 Å². The Balaban J connectivity index is 1.70.